The lowest BCUT2D eigenvalue weighted by Gasteiger charge is -2.27. The highest BCUT2D eigenvalue weighted by Crippen LogP contribution is 2.51. The Bertz CT molecular complexity index is 1470. The summed E-state index contributed by atoms with van der Waals surface area (Å²) in [5.74, 6) is 0. The lowest BCUT2D eigenvalue weighted by molar-refractivity contribution is 0.524. The minimum atomic E-state index is 0.0432. The van der Waals surface area contributed by atoms with Crippen LogP contribution in [0.2, 0.25) is 0 Å². The maximum absolute atomic E-state index is 3.67. The van der Waals surface area contributed by atoms with Crippen molar-refractivity contribution >= 4 is 53.7 Å². The molecule has 3 heteroatoms. The fourth-order valence-corrected chi connectivity index (χ4v) is 6.44. The standard InChI is InChI=1S/C29H23Br2N/c1-3-14-29(2)25-7-5-4-6-21(25)22-11-10-20(17-26(22)29)32-27-12-8-18(30)15-23(27)24-16-19(31)9-13-28(24)32/h4-13,15-17H,3,14H2,1-2H3. The molecule has 4 aromatic carbocycles. The number of hydrogen-bond donors (Lipinski definition) is 0. The minimum absolute atomic E-state index is 0.0432. The normalized spacial score (nSPS) is 17.1. The summed E-state index contributed by atoms with van der Waals surface area (Å²) in [7, 11) is 0. The van der Waals surface area contributed by atoms with E-state index in [9.17, 15) is 0 Å². The van der Waals surface area contributed by atoms with Crippen LogP contribution in [0.5, 0.6) is 0 Å². The highest BCUT2D eigenvalue weighted by molar-refractivity contribution is 9.10. The fourth-order valence-electron chi connectivity index (χ4n) is 5.72. The highest BCUT2D eigenvalue weighted by atomic mass is 79.9. The molecule has 0 fully saturated rings. The van der Waals surface area contributed by atoms with Crippen molar-refractivity contribution in [3.63, 3.8) is 0 Å². The van der Waals surface area contributed by atoms with Gasteiger partial charge in [-0.05, 0) is 77.2 Å². The average molecular weight is 545 g/mol. The zero-order chi connectivity index (χ0) is 22.0. The van der Waals surface area contributed by atoms with Gasteiger partial charge >= 0.3 is 0 Å². The maximum atomic E-state index is 3.67. The van der Waals surface area contributed by atoms with Crippen LogP contribution in [0.3, 0.4) is 0 Å². The first-order valence-corrected chi connectivity index (χ1v) is 12.7. The third-order valence-corrected chi connectivity index (χ3v) is 8.09. The van der Waals surface area contributed by atoms with Gasteiger partial charge in [0.05, 0.1) is 11.0 Å². The van der Waals surface area contributed by atoms with Gasteiger partial charge in [0.25, 0.3) is 0 Å². The molecule has 5 aromatic rings. The van der Waals surface area contributed by atoms with Crippen molar-refractivity contribution in [3.05, 3.63) is 98.9 Å². The molecular weight excluding hydrogens is 522 g/mol. The molecule has 1 nitrogen and oxygen atoms in total. The number of rotatable bonds is 3. The minimum Gasteiger partial charge on any atom is -0.309 e. The molecule has 1 atom stereocenters. The number of aromatic nitrogens is 1. The molecule has 1 aliphatic rings. The number of halogens is 2. The van der Waals surface area contributed by atoms with E-state index in [1.54, 1.807) is 0 Å². The molecule has 0 aliphatic heterocycles. The molecule has 1 unspecified atom stereocenters. The molecule has 1 aromatic heterocycles. The van der Waals surface area contributed by atoms with Crippen LogP contribution < -0.4 is 0 Å². The van der Waals surface area contributed by atoms with E-state index < -0.39 is 0 Å². The number of nitrogens with zero attached hydrogens (tertiary/aromatic N) is 1. The van der Waals surface area contributed by atoms with Crippen molar-refractivity contribution in [1.29, 1.82) is 0 Å². The quantitative estimate of drug-likeness (QED) is 0.213. The molecule has 1 aliphatic carbocycles. The van der Waals surface area contributed by atoms with Crippen molar-refractivity contribution in [3.8, 4) is 16.8 Å². The van der Waals surface area contributed by atoms with Gasteiger partial charge in [0.1, 0.15) is 0 Å². The van der Waals surface area contributed by atoms with Crippen LogP contribution >= 0.6 is 31.9 Å². The summed E-state index contributed by atoms with van der Waals surface area (Å²) in [6, 6.07) is 29.2. The molecule has 0 spiro atoms. The molecule has 0 radical (unpaired) electrons. The fraction of sp³-hybridized carbons (Fsp3) is 0.172. The lowest BCUT2D eigenvalue weighted by atomic mass is 9.76. The summed E-state index contributed by atoms with van der Waals surface area (Å²) in [5, 5.41) is 2.52. The van der Waals surface area contributed by atoms with Gasteiger partial charge in [-0.3, -0.25) is 0 Å². The molecular formula is C29H23Br2N. The largest absolute Gasteiger partial charge is 0.309 e. The topological polar surface area (TPSA) is 4.93 Å². The van der Waals surface area contributed by atoms with E-state index in [0.717, 1.165) is 21.8 Å². The Kier molecular flexibility index (Phi) is 4.64. The van der Waals surface area contributed by atoms with E-state index in [0.29, 0.717) is 0 Å². The highest BCUT2D eigenvalue weighted by Gasteiger charge is 2.38. The van der Waals surface area contributed by atoms with E-state index in [1.807, 2.05) is 0 Å². The number of hydrogen-bond acceptors (Lipinski definition) is 0. The van der Waals surface area contributed by atoms with Gasteiger partial charge in [-0.25, -0.2) is 0 Å². The SMILES string of the molecule is CCCC1(C)c2ccccc2-c2ccc(-n3c4ccc(Br)cc4c4cc(Br)ccc43)cc21. The average Bonchev–Trinajstić information content (AvgIpc) is 3.24. The lowest BCUT2D eigenvalue weighted by Crippen LogP contribution is -2.20. The predicted octanol–water partition coefficient (Wildman–Crippen LogP) is 9.40. The first-order valence-electron chi connectivity index (χ1n) is 11.2. The first kappa shape index (κ1) is 20.3. The van der Waals surface area contributed by atoms with Crippen molar-refractivity contribution in [1.82, 2.24) is 4.57 Å². The smallest absolute Gasteiger partial charge is 0.0541 e. The summed E-state index contributed by atoms with van der Waals surface area (Å²) >= 11 is 7.34. The summed E-state index contributed by atoms with van der Waals surface area (Å²) in [4.78, 5) is 0. The summed E-state index contributed by atoms with van der Waals surface area (Å²) in [6.07, 6.45) is 2.31. The molecule has 0 amide bonds. The summed E-state index contributed by atoms with van der Waals surface area (Å²) < 4.78 is 4.62. The Morgan fingerprint density at radius 3 is 2.00 bits per heavy atom. The second-order valence-electron chi connectivity index (χ2n) is 9.02. The molecule has 0 saturated heterocycles. The summed E-state index contributed by atoms with van der Waals surface area (Å²) in [5.41, 5.74) is 9.41. The Hall–Kier alpha value is -2.36. The molecule has 1 heterocycles. The van der Waals surface area contributed by atoms with Gasteiger partial charge in [0, 0.05) is 30.8 Å². The van der Waals surface area contributed by atoms with Gasteiger partial charge in [0.15, 0.2) is 0 Å². The van der Waals surface area contributed by atoms with Crippen molar-refractivity contribution in [2.75, 3.05) is 0 Å². The van der Waals surface area contributed by atoms with Crippen LogP contribution in [-0.2, 0) is 5.41 Å². The van der Waals surface area contributed by atoms with E-state index in [1.165, 1.54) is 49.7 Å². The number of fused-ring (bicyclic) bond motifs is 6. The Morgan fingerprint density at radius 2 is 1.34 bits per heavy atom. The van der Waals surface area contributed by atoms with Gasteiger partial charge in [0.2, 0.25) is 0 Å². The Labute approximate surface area is 205 Å². The van der Waals surface area contributed by atoms with Crippen LogP contribution in [0.4, 0.5) is 0 Å². The molecule has 0 bridgehead atoms. The summed E-state index contributed by atoms with van der Waals surface area (Å²) in [6.45, 7) is 4.71. The third-order valence-electron chi connectivity index (χ3n) is 7.11. The first-order chi connectivity index (χ1) is 15.5. The molecule has 0 saturated carbocycles. The second-order valence-corrected chi connectivity index (χ2v) is 10.8. The van der Waals surface area contributed by atoms with Crippen molar-refractivity contribution < 1.29 is 0 Å². The van der Waals surface area contributed by atoms with Crippen LogP contribution in [0.1, 0.15) is 37.8 Å². The predicted molar refractivity (Wildman–Crippen MR) is 143 cm³/mol. The number of benzene rings is 4. The van der Waals surface area contributed by atoms with Gasteiger partial charge in [-0.15, -0.1) is 0 Å². The maximum Gasteiger partial charge on any atom is 0.0541 e. The van der Waals surface area contributed by atoms with Crippen molar-refractivity contribution in [2.24, 2.45) is 0 Å². The van der Waals surface area contributed by atoms with Crippen LogP contribution in [-0.4, -0.2) is 4.57 Å². The zero-order valence-corrected chi connectivity index (χ0v) is 21.3. The van der Waals surface area contributed by atoms with Crippen LogP contribution in [0, 0.1) is 0 Å². The van der Waals surface area contributed by atoms with E-state index in [-0.39, 0.29) is 5.41 Å². The Morgan fingerprint density at radius 1 is 0.719 bits per heavy atom. The van der Waals surface area contributed by atoms with Gasteiger partial charge in [-0.2, -0.15) is 0 Å². The third kappa shape index (κ3) is 2.80. The van der Waals surface area contributed by atoms with Gasteiger partial charge in [-0.1, -0.05) is 82.5 Å². The van der Waals surface area contributed by atoms with E-state index in [4.69, 9.17) is 0 Å². The van der Waals surface area contributed by atoms with Crippen LogP contribution in [0.15, 0.2) is 87.8 Å². The van der Waals surface area contributed by atoms with E-state index in [2.05, 4.69) is 129 Å². The monoisotopic (exact) mass is 543 g/mol. The molecule has 0 N–H and O–H groups in total. The second kappa shape index (κ2) is 7.33. The van der Waals surface area contributed by atoms with Crippen LogP contribution in [0.25, 0.3) is 38.6 Å². The van der Waals surface area contributed by atoms with E-state index >= 15 is 0 Å². The zero-order valence-electron chi connectivity index (χ0n) is 18.1. The molecule has 32 heavy (non-hydrogen) atoms. The molecule has 6 rings (SSSR count). The Balaban J connectivity index is 1.66. The molecule has 158 valence electrons. The van der Waals surface area contributed by atoms with Gasteiger partial charge < -0.3 is 4.57 Å². The van der Waals surface area contributed by atoms with Crippen molar-refractivity contribution in [2.45, 2.75) is 32.1 Å².